The van der Waals surface area contributed by atoms with Gasteiger partial charge in [-0.05, 0) is 52.7 Å². The Labute approximate surface area is 157 Å². The maximum atomic E-state index is 12.4. The van der Waals surface area contributed by atoms with Gasteiger partial charge in [-0.15, -0.1) is 0 Å². The van der Waals surface area contributed by atoms with Gasteiger partial charge in [0.25, 0.3) is 5.56 Å². The number of aromatic nitrogens is 5. The van der Waals surface area contributed by atoms with E-state index >= 15 is 0 Å². The molecule has 3 aromatic rings. The summed E-state index contributed by atoms with van der Waals surface area (Å²) in [7, 11) is 1.64. The zero-order valence-corrected chi connectivity index (χ0v) is 16.4. The van der Waals surface area contributed by atoms with E-state index in [1.54, 1.807) is 7.05 Å². The van der Waals surface area contributed by atoms with Crippen molar-refractivity contribution in [2.24, 2.45) is 7.05 Å². The van der Waals surface area contributed by atoms with Crippen LogP contribution in [-0.2, 0) is 13.6 Å². The Bertz CT molecular complexity index is 1090. The summed E-state index contributed by atoms with van der Waals surface area (Å²) in [4.78, 5) is 33.9. The van der Waals surface area contributed by atoms with Crippen LogP contribution in [0.1, 0.15) is 43.5 Å². The molecule has 27 heavy (non-hydrogen) atoms. The van der Waals surface area contributed by atoms with Crippen LogP contribution >= 0.6 is 0 Å². The number of fused-ring (bicyclic) bond motifs is 3. The monoisotopic (exact) mass is 372 g/mol. The van der Waals surface area contributed by atoms with Gasteiger partial charge in [0.15, 0.2) is 11.2 Å². The lowest BCUT2D eigenvalue weighted by molar-refractivity contribution is 0.276. The van der Waals surface area contributed by atoms with E-state index in [2.05, 4.69) is 26.4 Å². The fraction of sp³-hybridized carbons (Fsp3) is 0.632. The number of hydrogen-bond acceptors (Lipinski definition) is 4. The summed E-state index contributed by atoms with van der Waals surface area (Å²) in [5, 5.41) is 0. The third kappa shape index (κ3) is 3.01. The van der Waals surface area contributed by atoms with Crippen LogP contribution in [0.3, 0.4) is 0 Å². The molecule has 0 unspecified atom stereocenters. The molecule has 0 aromatic carbocycles. The molecule has 4 rings (SSSR count). The highest BCUT2D eigenvalue weighted by molar-refractivity contribution is 5.76. The molecular formula is C19H28N6O2. The molecule has 146 valence electrons. The molecule has 1 aliphatic heterocycles. The fourth-order valence-electron chi connectivity index (χ4n) is 4.26. The van der Waals surface area contributed by atoms with Crippen molar-refractivity contribution in [2.75, 3.05) is 19.6 Å². The highest BCUT2D eigenvalue weighted by atomic mass is 16.2. The third-order valence-corrected chi connectivity index (χ3v) is 5.96. The first kappa shape index (κ1) is 18.0. The number of aryl methyl sites for hydroxylation is 3. The van der Waals surface area contributed by atoms with E-state index in [0.29, 0.717) is 11.2 Å². The van der Waals surface area contributed by atoms with Gasteiger partial charge < -0.3 is 9.47 Å². The quantitative estimate of drug-likeness (QED) is 0.754. The van der Waals surface area contributed by atoms with E-state index in [1.165, 1.54) is 43.3 Å². The van der Waals surface area contributed by atoms with Crippen LogP contribution in [0.25, 0.3) is 16.9 Å². The van der Waals surface area contributed by atoms with E-state index in [-0.39, 0.29) is 5.56 Å². The number of hydrogen-bond donors (Lipinski definition) is 1. The van der Waals surface area contributed by atoms with E-state index in [1.807, 2.05) is 11.3 Å². The Kier molecular flexibility index (Phi) is 4.67. The highest BCUT2D eigenvalue weighted by Gasteiger charge is 2.20. The number of aromatic amines is 1. The van der Waals surface area contributed by atoms with Crippen molar-refractivity contribution in [2.45, 2.75) is 52.5 Å². The highest BCUT2D eigenvalue weighted by Crippen LogP contribution is 2.21. The SMILES string of the molecule is Cc1c(C)n2c3c(=O)[nH]c(=O)n(C)c3nc2n1CCCN1CCCCCC1. The second-order valence-electron chi connectivity index (χ2n) is 7.67. The number of H-pyrrole nitrogens is 1. The number of nitrogens with one attached hydrogen (secondary N) is 1. The Morgan fingerprint density at radius 2 is 1.70 bits per heavy atom. The molecule has 1 saturated heterocycles. The van der Waals surface area contributed by atoms with E-state index in [4.69, 9.17) is 0 Å². The first-order chi connectivity index (χ1) is 13.0. The van der Waals surface area contributed by atoms with Crippen molar-refractivity contribution in [3.8, 4) is 0 Å². The number of nitrogens with zero attached hydrogens (tertiary/aromatic N) is 5. The summed E-state index contributed by atoms with van der Waals surface area (Å²) in [5.41, 5.74) is 2.16. The van der Waals surface area contributed by atoms with Crippen molar-refractivity contribution in [3.05, 3.63) is 32.2 Å². The molecule has 1 fully saturated rings. The average Bonchev–Trinajstić information content (AvgIpc) is 2.98. The van der Waals surface area contributed by atoms with E-state index in [0.717, 1.165) is 36.7 Å². The molecule has 0 spiro atoms. The topological polar surface area (TPSA) is 80.3 Å². The lowest BCUT2D eigenvalue weighted by atomic mass is 10.2. The van der Waals surface area contributed by atoms with Gasteiger partial charge in [0, 0.05) is 25.0 Å². The van der Waals surface area contributed by atoms with Gasteiger partial charge in [-0.25, -0.2) is 4.79 Å². The van der Waals surface area contributed by atoms with Crippen LogP contribution < -0.4 is 11.2 Å². The van der Waals surface area contributed by atoms with Gasteiger partial charge in [0.2, 0.25) is 5.78 Å². The number of likely N-dealkylation sites (tertiary alicyclic amines) is 1. The summed E-state index contributed by atoms with van der Waals surface area (Å²) in [5.74, 6) is 0.738. The van der Waals surface area contributed by atoms with Crippen LogP contribution in [0.2, 0.25) is 0 Å². The van der Waals surface area contributed by atoms with Crippen molar-refractivity contribution in [1.82, 2.24) is 28.4 Å². The van der Waals surface area contributed by atoms with Gasteiger partial charge >= 0.3 is 5.69 Å². The normalized spacial score (nSPS) is 16.4. The third-order valence-electron chi connectivity index (χ3n) is 5.96. The van der Waals surface area contributed by atoms with Crippen molar-refractivity contribution in [1.29, 1.82) is 0 Å². The first-order valence-corrected chi connectivity index (χ1v) is 9.88. The summed E-state index contributed by atoms with van der Waals surface area (Å²) in [6, 6.07) is 0. The lowest BCUT2D eigenvalue weighted by Crippen LogP contribution is -2.28. The second kappa shape index (κ2) is 6.99. The van der Waals surface area contributed by atoms with Gasteiger partial charge in [-0.3, -0.25) is 18.7 Å². The maximum Gasteiger partial charge on any atom is 0.329 e. The average molecular weight is 372 g/mol. The summed E-state index contributed by atoms with van der Waals surface area (Å²) >= 11 is 0. The predicted molar refractivity (Wildman–Crippen MR) is 106 cm³/mol. The Hall–Kier alpha value is -2.35. The molecule has 0 bridgehead atoms. The summed E-state index contributed by atoms with van der Waals surface area (Å²) < 4.78 is 5.46. The summed E-state index contributed by atoms with van der Waals surface area (Å²) in [6.45, 7) is 8.40. The molecule has 8 heteroatoms. The van der Waals surface area contributed by atoms with Gasteiger partial charge in [0.05, 0.1) is 0 Å². The Morgan fingerprint density at radius 3 is 2.41 bits per heavy atom. The standard InChI is InChI=1S/C19H28N6O2/c1-13-14(2)25-15-16(22(3)19(27)21-17(15)26)20-18(25)24(13)12-8-11-23-9-6-4-5-7-10-23/h4-12H2,1-3H3,(H,21,26,27). The minimum atomic E-state index is -0.435. The number of rotatable bonds is 4. The molecule has 0 radical (unpaired) electrons. The minimum Gasteiger partial charge on any atom is -0.314 e. The van der Waals surface area contributed by atoms with Crippen LogP contribution in [0.5, 0.6) is 0 Å². The van der Waals surface area contributed by atoms with E-state index < -0.39 is 5.69 Å². The van der Waals surface area contributed by atoms with Crippen molar-refractivity contribution >= 4 is 16.9 Å². The second-order valence-corrected chi connectivity index (χ2v) is 7.67. The molecule has 0 saturated carbocycles. The van der Waals surface area contributed by atoms with Crippen LogP contribution in [0.4, 0.5) is 0 Å². The predicted octanol–water partition coefficient (Wildman–Crippen LogP) is 1.56. The smallest absolute Gasteiger partial charge is 0.314 e. The Morgan fingerprint density at radius 1 is 1.00 bits per heavy atom. The molecule has 3 aromatic heterocycles. The molecule has 4 heterocycles. The Balaban J connectivity index is 1.68. The zero-order valence-electron chi connectivity index (χ0n) is 16.4. The molecule has 1 N–H and O–H groups in total. The zero-order chi connectivity index (χ0) is 19.1. The number of imidazole rings is 2. The van der Waals surface area contributed by atoms with Crippen molar-refractivity contribution in [3.63, 3.8) is 0 Å². The fourth-order valence-corrected chi connectivity index (χ4v) is 4.26. The van der Waals surface area contributed by atoms with Gasteiger partial charge in [-0.1, -0.05) is 12.8 Å². The van der Waals surface area contributed by atoms with Crippen LogP contribution in [0, 0.1) is 13.8 Å². The minimum absolute atomic E-state index is 0.384. The van der Waals surface area contributed by atoms with Gasteiger partial charge in [-0.2, -0.15) is 4.98 Å². The molecule has 0 amide bonds. The van der Waals surface area contributed by atoms with Crippen LogP contribution in [0.15, 0.2) is 9.59 Å². The first-order valence-electron chi connectivity index (χ1n) is 9.88. The molecule has 0 atom stereocenters. The maximum absolute atomic E-state index is 12.4. The molecular weight excluding hydrogens is 344 g/mol. The molecule has 1 aliphatic rings. The lowest BCUT2D eigenvalue weighted by Gasteiger charge is -2.19. The van der Waals surface area contributed by atoms with Gasteiger partial charge in [0.1, 0.15) is 0 Å². The largest absolute Gasteiger partial charge is 0.329 e. The van der Waals surface area contributed by atoms with Crippen LogP contribution in [-0.4, -0.2) is 48.0 Å². The van der Waals surface area contributed by atoms with Crippen molar-refractivity contribution < 1.29 is 0 Å². The summed E-state index contributed by atoms with van der Waals surface area (Å²) in [6.07, 6.45) is 6.34. The van der Waals surface area contributed by atoms with E-state index in [9.17, 15) is 9.59 Å². The molecule has 8 nitrogen and oxygen atoms in total. The molecule has 0 aliphatic carbocycles.